The van der Waals surface area contributed by atoms with Gasteiger partial charge in [0.15, 0.2) is 5.82 Å². The molecule has 7 heteroatoms. The Labute approximate surface area is 178 Å². The van der Waals surface area contributed by atoms with Crippen molar-refractivity contribution in [3.63, 3.8) is 0 Å². The van der Waals surface area contributed by atoms with Gasteiger partial charge in [-0.1, -0.05) is 65.4 Å². The first-order chi connectivity index (χ1) is 14.5. The van der Waals surface area contributed by atoms with Crippen LogP contribution in [0.15, 0.2) is 84.8 Å². The summed E-state index contributed by atoms with van der Waals surface area (Å²) in [5.74, 6) is 0.327. The first-order valence-electron chi connectivity index (χ1n) is 9.75. The van der Waals surface area contributed by atoms with Crippen LogP contribution < -0.4 is 4.31 Å². The van der Waals surface area contributed by atoms with Gasteiger partial charge in [-0.25, -0.2) is 17.4 Å². The molecule has 0 aliphatic heterocycles. The lowest BCUT2D eigenvalue weighted by atomic mass is 10.2. The van der Waals surface area contributed by atoms with E-state index in [4.69, 9.17) is 0 Å². The molecule has 0 saturated heterocycles. The molecule has 3 rings (SSSR count). The number of allylic oxidation sites excluding steroid dienone is 1. The summed E-state index contributed by atoms with van der Waals surface area (Å²) >= 11 is 0. The summed E-state index contributed by atoms with van der Waals surface area (Å²) in [5, 5.41) is 8.54. The molecular formula is C23H26N4O2S. The first kappa shape index (κ1) is 21.5. The zero-order valence-electron chi connectivity index (χ0n) is 17.1. The van der Waals surface area contributed by atoms with Gasteiger partial charge in [0.05, 0.1) is 17.1 Å². The molecule has 30 heavy (non-hydrogen) atoms. The van der Waals surface area contributed by atoms with Crippen LogP contribution in [0.4, 0.5) is 5.82 Å². The van der Waals surface area contributed by atoms with Crippen molar-refractivity contribution in [1.29, 1.82) is 0 Å². The number of rotatable bonds is 10. The van der Waals surface area contributed by atoms with Crippen LogP contribution in [0.1, 0.15) is 23.2 Å². The summed E-state index contributed by atoms with van der Waals surface area (Å²) in [6, 6.07) is 16.7. The molecule has 0 amide bonds. The smallest absolute Gasteiger partial charge is 0.246 e. The van der Waals surface area contributed by atoms with Crippen molar-refractivity contribution < 1.29 is 8.42 Å². The molecule has 0 radical (unpaired) electrons. The highest BCUT2D eigenvalue weighted by Gasteiger charge is 2.29. The number of aryl methyl sites for hydroxylation is 1. The first-order valence-corrected chi connectivity index (χ1v) is 11.2. The molecule has 1 heterocycles. The van der Waals surface area contributed by atoms with Gasteiger partial charge < -0.3 is 0 Å². The van der Waals surface area contributed by atoms with Crippen LogP contribution in [-0.2, 0) is 23.0 Å². The predicted octanol–water partition coefficient (Wildman–Crippen LogP) is 4.13. The summed E-state index contributed by atoms with van der Waals surface area (Å²) in [7, 11) is -3.81. The van der Waals surface area contributed by atoms with Crippen LogP contribution >= 0.6 is 0 Å². The molecule has 6 nitrogen and oxygen atoms in total. The van der Waals surface area contributed by atoms with Gasteiger partial charge in [-0.3, -0.25) is 0 Å². The van der Waals surface area contributed by atoms with Gasteiger partial charge in [-0.2, -0.15) is 0 Å². The lowest BCUT2D eigenvalue weighted by molar-refractivity contribution is 0.590. The minimum atomic E-state index is -3.81. The van der Waals surface area contributed by atoms with Crippen LogP contribution in [0.25, 0.3) is 0 Å². The topological polar surface area (TPSA) is 68.1 Å². The average molecular weight is 423 g/mol. The standard InChI is InChI=1S/C23H26N4O2S/c1-4-6-17-27(30(28,29)21-15-13-19(3)14-16-21)23-22(10-5-2)26(25-24-23)18-20-11-8-7-9-12-20/h4-5,7-9,11-16H,1-2,6,10,17-18H2,3H3. The Balaban J connectivity index is 2.06. The van der Waals surface area contributed by atoms with E-state index in [0.717, 1.165) is 11.1 Å². The lowest BCUT2D eigenvalue weighted by Crippen LogP contribution is -2.33. The van der Waals surface area contributed by atoms with Crippen LogP contribution in [0, 0.1) is 6.92 Å². The number of sulfonamides is 1. The fourth-order valence-electron chi connectivity index (χ4n) is 3.12. The molecule has 0 fully saturated rings. The van der Waals surface area contributed by atoms with Crippen molar-refractivity contribution in [2.24, 2.45) is 0 Å². The molecule has 0 spiro atoms. The highest BCUT2D eigenvalue weighted by atomic mass is 32.2. The molecule has 3 aromatic rings. The number of nitrogens with zero attached hydrogens (tertiary/aromatic N) is 4. The minimum absolute atomic E-state index is 0.222. The maximum absolute atomic E-state index is 13.5. The molecule has 1 aromatic heterocycles. The minimum Gasteiger partial charge on any atom is -0.246 e. The maximum Gasteiger partial charge on any atom is 0.265 e. The molecular weight excluding hydrogens is 396 g/mol. The summed E-state index contributed by atoms with van der Waals surface area (Å²) < 4.78 is 30.0. The third kappa shape index (κ3) is 4.68. The maximum atomic E-state index is 13.5. The Morgan fingerprint density at radius 1 is 1.03 bits per heavy atom. The second-order valence-corrected chi connectivity index (χ2v) is 8.83. The van der Waals surface area contributed by atoms with E-state index in [9.17, 15) is 8.42 Å². The molecule has 0 unspecified atom stereocenters. The summed E-state index contributed by atoms with van der Waals surface area (Å²) in [4.78, 5) is 0.222. The normalized spacial score (nSPS) is 11.2. The van der Waals surface area contributed by atoms with Gasteiger partial charge in [-0.05, 0) is 31.0 Å². The van der Waals surface area contributed by atoms with Gasteiger partial charge in [-0.15, -0.1) is 18.3 Å². The van der Waals surface area contributed by atoms with Gasteiger partial charge in [0.25, 0.3) is 10.0 Å². The fourth-order valence-corrected chi connectivity index (χ4v) is 4.57. The van der Waals surface area contributed by atoms with Crippen LogP contribution in [0.3, 0.4) is 0 Å². The van der Waals surface area contributed by atoms with E-state index in [1.807, 2.05) is 37.3 Å². The van der Waals surface area contributed by atoms with E-state index in [2.05, 4.69) is 23.5 Å². The molecule has 0 atom stereocenters. The van der Waals surface area contributed by atoms with Crippen molar-refractivity contribution in [3.05, 3.63) is 96.7 Å². The number of benzene rings is 2. The van der Waals surface area contributed by atoms with Gasteiger partial charge in [0.2, 0.25) is 0 Å². The molecule has 2 aromatic carbocycles. The highest BCUT2D eigenvalue weighted by Crippen LogP contribution is 2.27. The third-order valence-corrected chi connectivity index (χ3v) is 6.52. The molecule has 156 valence electrons. The van der Waals surface area contributed by atoms with Crippen LogP contribution in [0.5, 0.6) is 0 Å². The predicted molar refractivity (Wildman–Crippen MR) is 120 cm³/mol. The van der Waals surface area contributed by atoms with E-state index in [0.29, 0.717) is 30.9 Å². The quantitative estimate of drug-likeness (QED) is 0.461. The van der Waals surface area contributed by atoms with Gasteiger partial charge in [0.1, 0.15) is 0 Å². The monoisotopic (exact) mass is 422 g/mol. The second kappa shape index (κ2) is 9.54. The Morgan fingerprint density at radius 3 is 2.37 bits per heavy atom. The Hall–Kier alpha value is -3.19. The molecule has 0 aliphatic rings. The zero-order valence-corrected chi connectivity index (χ0v) is 17.9. The Bertz CT molecular complexity index is 1100. The van der Waals surface area contributed by atoms with E-state index < -0.39 is 10.0 Å². The third-order valence-electron chi connectivity index (χ3n) is 4.71. The van der Waals surface area contributed by atoms with E-state index in [1.165, 1.54) is 4.31 Å². The van der Waals surface area contributed by atoms with Crippen LogP contribution in [-0.4, -0.2) is 30.0 Å². The largest absolute Gasteiger partial charge is 0.265 e. The summed E-state index contributed by atoms with van der Waals surface area (Å²) in [6.45, 7) is 10.2. The van der Waals surface area contributed by atoms with Crippen molar-refractivity contribution in [3.8, 4) is 0 Å². The Kier molecular flexibility index (Phi) is 6.84. The SMILES string of the molecule is C=CCCN(c1nnn(Cc2ccccc2)c1CC=C)S(=O)(=O)c1ccc(C)cc1. The summed E-state index contributed by atoms with van der Waals surface area (Å²) in [6.07, 6.45) is 4.36. The van der Waals surface area contributed by atoms with Crippen molar-refractivity contribution >= 4 is 15.8 Å². The van der Waals surface area contributed by atoms with Crippen LogP contribution in [0.2, 0.25) is 0 Å². The van der Waals surface area contributed by atoms with E-state index in [1.54, 1.807) is 41.1 Å². The van der Waals surface area contributed by atoms with E-state index >= 15 is 0 Å². The zero-order chi connectivity index (χ0) is 21.6. The number of aromatic nitrogens is 3. The number of hydrogen-bond donors (Lipinski definition) is 0. The van der Waals surface area contributed by atoms with Crippen molar-refractivity contribution in [2.75, 3.05) is 10.8 Å². The summed E-state index contributed by atoms with van der Waals surface area (Å²) in [5.41, 5.74) is 2.75. The lowest BCUT2D eigenvalue weighted by Gasteiger charge is -2.23. The van der Waals surface area contributed by atoms with Crippen molar-refractivity contribution in [1.82, 2.24) is 15.0 Å². The highest BCUT2D eigenvalue weighted by molar-refractivity contribution is 7.92. The van der Waals surface area contributed by atoms with Crippen molar-refractivity contribution in [2.45, 2.75) is 31.2 Å². The fraction of sp³-hybridized carbons (Fsp3) is 0.217. The number of anilines is 1. The second-order valence-electron chi connectivity index (χ2n) is 6.96. The molecule has 0 N–H and O–H groups in total. The Morgan fingerprint density at radius 2 is 1.73 bits per heavy atom. The van der Waals surface area contributed by atoms with Gasteiger partial charge in [0, 0.05) is 13.0 Å². The van der Waals surface area contributed by atoms with E-state index in [-0.39, 0.29) is 11.4 Å². The number of hydrogen-bond acceptors (Lipinski definition) is 4. The van der Waals surface area contributed by atoms with Gasteiger partial charge >= 0.3 is 0 Å². The average Bonchev–Trinajstić information content (AvgIpc) is 3.11. The molecule has 0 saturated carbocycles. The molecule has 0 bridgehead atoms. The molecule has 0 aliphatic carbocycles.